The molecule has 1 fully saturated rings. The molecule has 150 valence electrons. The quantitative estimate of drug-likeness (QED) is 0.766. The van der Waals surface area contributed by atoms with Crippen molar-refractivity contribution in [1.29, 1.82) is 0 Å². The lowest BCUT2D eigenvalue weighted by atomic mass is 9.73. The molecule has 0 bridgehead atoms. The second kappa shape index (κ2) is 8.03. The van der Waals surface area contributed by atoms with Crippen LogP contribution in [-0.2, 0) is 23.3 Å². The Balaban J connectivity index is 1.65. The maximum atomic E-state index is 6.76. The summed E-state index contributed by atoms with van der Waals surface area (Å²) in [5, 5.41) is 7.85. The highest BCUT2D eigenvalue weighted by molar-refractivity contribution is 6.32. The molecule has 0 amide bonds. The summed E-state index contributed by atoms with van der Waals surface area (Å²) in [4.78, 5) is 2.52. The molecule has 2 N–H and O–H groups in total. The molecule has 0 atom stereocenters. The predicted molar refractivity (Wildman–Crippen MR) is 117 cm³/mol. The summed E-state index contributed by atoms with van der Waals surface area (Å²) in [6.07, 6.45) is 0. The number of rotatable bonds is 5. The second-order valence-corrected chi connectivity index (χ2v) is 8.70. The van der Waals surface area contributed by atoms with Gasteiger partial charge in [0.1, 0.15) is 0 Å². The average molecular weight is 400 g/mol. The van der Waals surface area contributed by atoms with Crippen LogP contribution < -0.4 is 10.6 Å². The van der Waals surface area contributed by atoms with Gasteiger partial charge in [0, 0.05) is 66.7 Å². The van der Waals surface area contributed by atoms with Crippen molar-refractivity contribution in [1.82, 2.24) is 10.2 Å². The standard InChI is InChI=1S/C23H30ClN3O/c1-4-28-15-17-12-19(24)22-21(13-17)26-20-6-5-16(11-18(20)23(22,2)3)14-27-9-7-25-8-10-27/h5-6,11-13,25-26H,4,7-10,14-15H2,1-3H3. The number of halogens is 1. The van der Waals surface area contributed by atoms with Gasteiger partial charge in [0.05, 0.1) is 6.61 Å². The van der Waals surface area contributed by atoms with Crippen molar-refractivity contribution < 1.29 is 4.74 Å². The Labute approximate surface area is 173 Å². The average Bonchev–Trinajstić information content (AvgIpc) is 2.67. The molecule has 1 saturated heterocycles. The molecule has 0 unspecified atom stereocenters. The highest BCUT2D eigenvalue weighted by atomic mass is 35.5. The van der Waals surface area contributed by atoms with E-state index in [-0.39, 0.29) is 5.41 Å². The number of fused-ring (bicyclic) bond motifs is 2. The molecule has 0 saturated carbocycles. The van der Waals surface area contributed by atoms with E-state index in [4.69, 9.17) is 16.3 Å². The molecule has 2 aliphatic heterocycles. The molecule has 4 nitrogen and oxygen atoms in total. The largest absolute Gasteiger partial charge is 0.377 e. The van der Waals surface area contributed by atoms with Gasteiger partial charge < -0.3 is 15.4 Å². The monoisotopic (exact) mass is 399 g/mol. The number of piperazine rings is 1. The van der Waals surface area contributed by atoms with Gasteiger partial charge in [0.25, 0.3) is 0 Å². The zero-order valence-corrected chi connectivity index (χ0v) is 17.8. The van der Waals surface area contributed by atoms with Crippen molar-refractivity contribution in [2.24, 2.45) is 0 Å². The smallest absolute Gasteiger partial charge is 0.0717 e. The van der Waals surface area contributed by atoms with Gasteiger partial charge in [-0.2, -0.15) is 0 Å². The Morgan fingerprint density at radius 2 is 1.86 bits per heavy atom. The SMILES string of the molecule is CCOCc1cc(Cl)c2c(c1)Nc1ccc(CN3CCNCC3)cc1C2(C)C. The molecular formula is C23H30ClN3O. The van der Waals surface area contributed by atoms with Gasteiger partial charge in [-0.15, -0.1) is 0 Å². The lowest BCUT2D eigenvalue weighted by Crippen LogP contribution is -2.42. The number of hydrogen-bond acceptors (Lipinski definition) is 4. The van der Waals surface area contributed by atoms with Gasteiger partial charge in [-0.25, -0.2) is 0 Å². The van der Waals surface area contributed by atoms with E-state index < -0.39 is 0 Å². The molecule has 2 aliphatic rings. The van der Waals surface area contributed by atoms with E-state index in [2.05, 4.69) is 59.7 Å². The summed E-state index contributed by atoms with van der Waals surface area (Å²) >= 11 is 6.76. The zero-order chi connectivity index (χ0) is 19.7. The maximum absolute atomic E-state index is 6.76. The van der Waals surface area contributed by atoms with Crippen molar-refractivity contribution >= 4 is 23.0 Å². The van der Waals surface area contributed by atoms with Crippen LogP contribution in [0.15, 0.2) is 30.3 Å². The lowest BCUT2D eigenvalue weighted by molar-refractivity contribution is 0.134. The molecule has 0 aromatic heterocycles. The van der Waals surface area contributed by atoms with Crippen molar-refractivity contribution in [2.45, 2.75) is 39.3 Å². The minimum atomic E-state index is -0.156. The first-order valence-corrected chi connectivity index (χ1v) is 10.6. The first-order chi connectivity index (χ1) is 13.5. The highest BCUT2D eigenvalue weighted by Crippen LogP contribution is 2.48. The topological polar surface area (TPSA) is 36.5 Å². The van der Waals surface area contributed by atoms with Crippen LogP contribution in [0.25, 0.3) is 0 Å². The normalized spacial score (nSPS) is 18.3. The third-order valence-electron chi connectivity index (χ3n) is 5.89. The van der Waals surface area contributed by atoms with Crippen molar-refractivity contribution in [3.8, 4) is 0 Å². The minimum Gasteiger partial charge on any atom is -0.377 e. The van der Waals surface area contributed by atoms with Crippen molar-refractivity contribution in [3.05, 3.63) is 57.6 Å². The Kier molecular flexibility index (Phi) is 5.66. The fourth-order valence-corrected chi connectivity index (χ4v) is 4.90. The van der Waals surface area contributed by atoms with E-state index in [1.54, 1.807) is 0 Å². The molecule has 5 heteroatoms. The summed E-state index contributed by atoms with van der Waals surface area (Å²) in [5.74, 6) is 0. The maximum Gasteiger partial charge on any atom is 0.0717 e. The van der Waals surface area contributed by atoms with E-state index in [1.165, 1.54) is 22.4 Å². The van der Waals surface area contributed by atoms with Crippen LogP contribution in [0.4, 0.5) is 11.4 Å². The summed E-state index contributed by atoms with van der Waals surface area (Å²) in [5.41, 5.74) is 7.06. The molecule has 0 radical (unpaired) electrons. The molecule has 28 heavy (non-hydrogen) atoms. The van der Waals surface area contributed by atoms with E-state index in [1.807, 2.05) is 6.92 Å². The number of ether oxygens (including phenoxy) is 1. The first kappa shape index (κ1) is 19.7. The Hall–Kier alpha value is -1.59. The van der Waals surface area contributed by atoms with Crippen LogP contribution >= 0.6 is 11.6 Å². The number of hydrogen-bond donors (Lipinski definition) is 2. The fraction of sp³-hybridized carbons (Fsp3) is 0.478. The number of anilines is 2. The summed E-state index contributed by atoms with van der Waals surface area (Å²) < 4.78 is 5.58. The molecule has 2 aromatic rings. The summed E-state index contributed by atoms with van der Waals surface area (Å²) in [6.45, 7) is 13.2. The number of nitrogens with one attached hydrogen (secondary N) is 2. The molecule has 0 aliphatic carbocycles. The molecule has 0 spiro atoms. The van der Waals surface area contributed by atoms with Gasteiger partial charge in [0.2, 0.25) is 0 Å². The highest BCUT2D eigenvalue weighted by Gasteiger charge is 2.35. The Bertz CT molecular complexity index is 859. The van der Waals surface area contributed by atoms with Gasteiger partial charge >= 0.3 is 0 Å². The van der Waals surface area contributed by atoms with Crippen LogP contribution in [0.1, 0.15) is 43.0 Å². The zero-order valence-electron chi connectivity index (χ0n) is 17.1. The first-order valence-electron chi connectivity index (χ1n) is 10.2. The van der Waals surface area contributed by atoms with Crippen molar-refractivity contribution in [3.63, 3.8) is 0 Å². The Morgan fingerprint density at radius 1 is 1.07 bits per heavy atom. The molecular weight excluding hydrogens is 370 g/mol. The predicted octanol–water partition coefficient (Wildman–Crippen LogP) is 4.66. The van der Waals surface area contributed by atoms with Crippen LogP contribution in [0, 0.1) is 0 Å². The third kappa shape index (κ3) is 3.79. The fourth-order valence-electron chi connectivity index (χ4n) is 4.42. The molecule has 2 heterocycles. The van der Waals surface area contributed by atoms with Gasteiger partial charge in [0.15, 0.2) is 0 Å². The van der Waals surface area contributed by atoms with Crippen LogP contribution in [0.2, 0.25) is 5.02 Å². The van der Waals surface area contributed by atoms with E-state index in [9.17, 15) is 0 Å². The van der Waals surface area contributed by atoms with E-state index >= 15 is 0 Å². The van der Waals surface area contributed by atoms with Crippen molar-refractivity contribution in [2.75, 3.05) is 38.1 Å². The van der Waals surface area contributed by atoms with Gasteiger partial charge in [-0.05, 0) is 41.8 Å². The Morgan fingerprint density at radius 3 is 2.61 bits per heavy atom. The number of nitrogens with zero attached hydrogens (tertiary/aromatic N) is 1. The van der Waals surface area contributed by atoms with Crippen LogP contribution in [0.5, 0.6) is 0 Å². The minimum absolute atomic E-state index is 0.156. The lowest BCUT2D eigenvalue weighted by Gasteiger charge is -2.37. The van der Waals surface area contributed by atoms with Crippen LogP contribution in [-0.4, -0.2) is 37.7 Å². The second-order valence-electron chi connectivity index (χ2n) is 8.29. The number of benzene rings is 2. The third-order valence-corrected chi connectivity index (χ3v) is 6.19. The van der Waals surface area contributed by atoms with Gasteiger partial charge in [-0.1, -0.05) is 37.6 Å². The van der Waals surface area contributed by atoms with Crippen LogP contribution in [0.3, 0.4) is 0 Å². The van der Waals surface area contributed by atoms with E-state index in [0.29, 0.717) is 13.2 Å². The summed E-state index contributed by atoms with van der Waals surface area (Å²) in [7, 11) is 0. The van der Waals surface area contributed by atoms with E-state index in [0.717, 1.165) is 49.0 Å². The molecule has 2 aromatic carbocycles. The summed E-state index contributed by atoms with van der Waals surface area (Å²) in [6, 6.07) is 11.1. The van der Waals surface area contributed by atoms with Gasteiger partial charge in [-0.3, -0.25) is 4.90 Å². The molecule has 4 rings (SSSR count).